The van der Waals surface area contributed by atoms with Crippen molar-refractivity contribution in [2.45, 2.75) is 29.9 Å². The van der Waals surface area contributed by atoms with Crippen LogP contribution in [0.25, 0.3) is 0 Å². The first kappa shape index (κ1) is 16.3. The Morgan fingerprint density at radius 1 is 1.24 bits per heavy atom. The molecule has 0 spiro atoms. The Morgan fingerprint density at radius 2 is 2.00 bits per heavy atom. The summed E-state index contributed by atoms with van der Waals surface area (Å²) in [6.07, 6.45) is 4.12. The first-order chi connectivity index (χ1) is 9.96. The minimum Gasteiger partial charge on any atom is -0.263 e. The van der Waals surface area contributed by atoms with Crippen LogP contribution in [-0.4, -0.2) is 13.4 Å². The third-order valence-corrected chi connectivity index (χ3v) is 5.90. The van der Waals surface area contributed by atoms with Gasteiger partial charge in [-0.25, -0.2) is 8.42 Å². The van der Waals surface area contributed by atoms with Crippen LogP contribution in [0, 0.1) is 0 Å². The molecule has 21 heavy (non-hydrogen) atoms. The second kappa shape index (κ2) is 6.77. The van der Waals surface area contributed by atoms with Crippen molar-refractivity contribution in [1.82, 2.24) is 4.98 Å². The summed E-state index contributed by atoms with van der Waals surface area (Å²) in [5, 5.41) is 0.155. The number of benzene rings is 1. The molecule has 2 aromatic rings. The maximum atomic E-state index is 12.8. The molecule has 2 rings (SSSR count). The summed E-state index contributed by atoms with van der Waals surface area (Å²) in [4.78, 5) is 4.09. The highest BCUT2D eigenvalue weighted by molar-refractivity contribution is 7.91. The fourth-order valence-corrected chi connectivity index (χ4v) is 4.68. The van der Waals surface area contributed by atoms with Crippen molar-refractivity contribution >= 4 is 33.0 Å². The van der Waals surface area contributed by atoms with Crippen molar-refractivity contribution in [1.29, 1.82) is 0 Å². The van der Waals surface area contributed by atoms with E-state index in [9.17, 15) is 8.42 Å². The third kappa shape index (κ3) is 3.57. The van der Waals surface area contributed by atoms with Crippen molar-refractivity contribution in [2.24, 2.45) is 0 Å². The number of aromatic nitrogens is 1. The maximum absolute atomic E-state index is 12.8. The zero-order valence-electron chi connectivity index (χ0n) is 11.5. The van der Waals surface area contributed by atoms with Crippen LogP contribution >= 0.6 is 23.2 Å². The quantitative estimate of drug-likeness (QED) is 0.790. The van der Waals surface area contributed by atoms with Gasteiger partial charge in [0.1, 0.15) is 0 Å². The molecule has 0 N–H and O–H groups in total. The Hall–Kier alpha value is -1.10. The second-order valence-corrected chi connectivity index (χ2v) is 7.65. The molecule has 0 saturated carbocycles. The van der Waals surface area contributed by atoms with Crippen LogP contribution in [-0.2, 0) is 9.84 Å². The number of hydrogen-bond donors (Lipinski definition) is 0. The first-order valence-corrected chi connectivity index (χ1v) is 8.86. The molecule has 1 aromatic heterocycles. The van der Waals surface area contributed by atoms with Crippen molar-refractivity contribution in [3.8, 4) is 0 Å². The molecule has 3 nitrogen and oxygen atoms in total. The zero-order chi connectivity index (χ0) is 15.5. The van der Waals surface area contributed by atoms with Gasteiger partial charge in [0.05, 0.1) is 10.1 Å². The molecule has 0 radical (unpaired) electrons. The molecule has 0 saturated heterocycles. The number of rotatable bonds is 5. The smallest absolute Gasteiger partial charge is 0.186 e. The van der Waals surface area contributed by atoms with E-state index in [1.807, 2.05) is 6.92 Å². The molecule has 0 amide bonds. The van der Waals surface area contributed by atoms with Gasteiger partial charge in [-0.15, -0.1) is 0 Å². The summed E-state index contributed by atoms with van der Waals surface area (Å²) >= 11 is 12.1. The molecular weight excluding hydrogens is 329 g/mol. The predicted octanol–water partition coefficient (Wildman–Crippen LogP) is 4.70. The number of nitrogens with zero attached hydrogens (tertiary/aromatic N) is 1. The van der Waals surface area contributed by atoms with Crippen LogP contribution in [0.2, 0.25) is 10.0 Å². The van der Waals surface area contributed by atoms with E-state index in [2.05, 4.69) is 4.98 Å². The Kier molecular flexibility index (Phi) is 5.25. The Bertz CT molecular complexity index is 718. The Balaban J connectivity index is 2.53. The topological polar surface area (TPSA) is 47.0 Å². The minimum absolute atomic E-state index is 0.203. The van der Waals surface area contributed by atoms with E-state index in [1.54, 1.807) is 36.5 Å². The Morgan fingerprint density at radius 3 is 2.57 bits per heavy atom. The van der Waals surface area contributed by atoms with E-state index >= 15 is 0 Å². The van der Waals surface area contributed by atoms with E-state index in [4.69, 9.17) is 23.2 Å². The molecule has 1 heterocycles. The van der Waals surface area contributed by atoms with Gasteiger partial charge in [0.25, 0.3) is 0 Å². The number of hydrogen-bond acceptors (Lipinski definition) is 3. The summed E-state index contributed by atoms with van der Waals surface area (Å²) < 4.78 is 25.7. The predicted molar refractivity (Wildman–Crippen MR) is 85.5 cm³/mol. The second-order valence-electron chi connectivity index (χ2n) is 4.68. The van der Waals surface area contributed by atoms with Gasteiger partial charge in [-0.1, -0.05) is 42.6 Å². The van der Waals surface area contributed by atoms with E-state index in [1.165, 1.54) is 6.20 Å². The van der Waals surface area contributed by atoms with Crippen LogP contribution in [0.15, 0.2) is 47.6 Å². The van der Waals surface area contributed by atoms with Crippen LogP contribution in [0.3, 0.4) is 0 Å². The van der Waals surface area contributed by atoms with E-state index in [0.717, 1.165) is 6.42 Å². The first-order valence-electron chi connectivity index (χ1n) is 6.55. The molecule has 6 heteroatoms. The number of pyridine rings is 1. The van der Waals surface area contributed by atoms with E-state index in [0.29, 0.717) is 22.0 Å². The monoisotopic (exact) mass is 343 g/mol. The zero-order valence-corrected chi connectivity index (χ0v) is 13.8. The van der Waals surface area contributed by atoms with Crippen LogP contribution < -0.4 is 0 Å². The summed E-state index contributed by atoms with van der Waals surface area (Å²) in [7, 11) is -3.54. The molecule has 0 aliphatic rings. The van der Waals surface area contributed by atoms with Gasteiger partial charge in [-0.3, -0.25) is 4.98 Å². The fourth-order valence-electron chi connectivity index (χ4n) is 2.18. The third-order valence-electron chi connectivity index (χ3n) is 3.20. The van der Waals surface area contributed by atoms with Crippen molar-refractivity contribution in [3.05, 3.63) is 58.3 Å². The van der Waals surface area contributed by atoms with Gasteiger partial charge in [0.15, 0.2) is 9.84 Å². The lowest BCUT2D eigenvalue weighted by atomic mass is 10.1. The summed E-state index contributed by atoms with van der Waals surface area (Å²) in [6.45, 7) is 1.94. The molecule has 0 aliphatic carbocycles. The molecule has 1 aromatic carbocycles. The lowest BCUT2D eigenvalue weighted by Gasteiger charge is -2.19. The lowest BCUT2D eigenvalue weighted by molar-refractivity contribution is 0.573. The highest BCUT2D eigenvalue weighted by Gasteiger charge is 2.30. The normalized spacial score (nSPS) is 13.1. The SMILES string of the molecule is CCCC(c1ccc(Cl)cc1Cl)S(=O)(=O)c1cccnc1. The van der Waals surface area contributed by atoms with Crippen LogP contribution in [0.4, 0.5) is 0 Å². The average Bonchev–Trinajstić information content (AvgIpc) is 2.46. The number of halogens is 2. The Labute approximate surface area is 134 Å². The van der Waals surface area contributed by atoms with E-state index < -0.39 is 15.1 Å². The molecule has 0 fully saturated rings. The highest BCUT2D eigenvalue weighted by Crippen LogP contribution is 2.37. The molecular formula is C15H15Cl2NO2S. The van der Waals surface area contributed by atoms with Crippen LogP contribution in [0.5, 0.6) is 0 Å². The van der Waals surface area contributed by atoms with Crippen molar-refractivity contribution in [3.63, 3.8) is 0 Å². The lowest BCUT2D eigenvalue weighted by Crippen LogP contribution is -2.14. The maximum Gasteiger partial charge on any atom is 0.186 e. The summed E-state index contributed by atoms with van der Waals surface area (Å²) in [5.41, 5.74) is 0.576. The minimum atomic E-state index is -3.54. The van der Waals surface area contributed by atoms with Gasteiger partial charge in [-0.2, -0.15) is 0 Å². The van der Waals surface area contributed by atoms with Gasteiger partial charge in [-0.05, 0) is 36.2 Å². The highest BCUT2D eigenvalue weighted by atomic mass is 35.5. The van der Waals surface area contributed by atoms with E-state index in [-0.39, 0.29) is 4.90 Å². The molecule has 1 unspecified atom stereocenters. The van der Waals surface area contributed by atoms with Gasteiger partial charge < -0.3 is 0 Å². The van der Waals surface area contributed by atoms with Crippen LogP contribution in [0.1, 0.15) is 30.6 Å². The van der Waals surface area contributed by atoms with Gasteiger partial charge in [0, 0.05) is 22.4 Å². The van der Waals surface area contributed by atoms with Gasteiger partial charge >= 0.3 is 0 Å². The molecule has 112 valence electrons. The van der Waals surface area contributed by atoms with Crippen molar-refractivity contribution < 1.29 is 8.42 Å². The molecule has 0 bridgehead atoms. The fraction of sp³-hybridized carbons (Fsp3) is 0.267. The van der Waals surface area contributed by atoms with Crippen molar-refractivity contribution in [2.75, 3.05) is 0 Å². The molecule has 1 atom stereocenters. The average molecular weight is 344 g/mol. The molecule has 0 aliphatic heterocycles. The largest absolute Gasteiger partial charge is 0.263 e. The van der Waals surface area contributed by atoms with Gasteiger partial charge in [0.2, 0.25) is 0 Å². The summed E-state index contributed by atoms with van der Waals surface area (Å²) in [6, 6.07) is 8.07. The number of sulfone groups is 1. The summed E-state index contributed by atoms with van der Waals surface area (Å²) in [5.74, 6) is 0. The standard InChI is InChI=1S/C15H15Cl2NO2S/c1-2-4-15(13-7-6-11(16)9-14(13)17)21(19,20)12-5-3-8-18-10-12/h3,5-10,15H,2,4H2,1H3.